The molecule has 1 saturated heterocycles. The Hall–Kier alpha value is -1.39. The third kappa shape index (κ3) is 3.09. The summed E-state index contributed by atoms with van der Waals surface area (Å²) in [5, 5.41) is 0.293. The van der Waals surface area contributed by atoms with E-state index in [0.717, 1.165) is 0 Å². The van der Waals surface area contributed by atoms with Crippen LogP contribution in [0.3, 0.4) is 0 Å². The van der Waals surface area contributed by atoms with Crippen molar-refractivity contribution in [3.05, 3.63) is 40.7 Å². The van der Waals surface area contributed by atoms with Crippen LogP contribution >= 0.6 is 11.6 Å². The van der Waals surface area contributed by atoms with E-state index in [1.54, 1.807) is 11.0 Å². The van der Waals surface area contributed by atoms with Crippen LogP contribution in [0.15, 0.2) is 24.3 Å². The zero-order chi connectivity index (χ0) is 13.0. The van der Waals surface area contributed by atoms with E-state index in [1.165, 1.54) is 24.3 Å². The van der Waals surface area contributed by atoms with Crippen molar-refractivity contribution in [2.24, 2.45) is 0 Å². The Balaban J connectivity index is 2.08. The van der Waals surface area contributed by atoms with E-state index in [9.17, 15) is 9.18 Å². The number of benzene rings is 1. The third-order valence-corrected chi connectivity index (χ3v) is 3.04. The molecule has 1 aliphatic heterocycles. The lowest BCUT2D eigenvalue weighted by molar-refractivity contribution is -0.129. The minimum absolute atomic E-state index is 0.155. The quantitative estimate of drug-likeness (QED) is 0.772. The Morgan fingerprint density at radius 2 is 2.11 bits per heavy atom. The maximum Gasteiger partial charge on any atom is 0.246 e. The molecule has 0 unspecified atom stereocenters. The average molecular weight is 270 g/mol. The molecule has 1 amide bonds. The lowest BCUT2D eigenvalue weighted by Gasteiger charge is -2.25. The fraction of sp³-hybridized carbons (Fsp3) is 0.308. The molecule has 0 aromatic heterocycles. The second-order valence-corrected chi connectivity index (χ2v) is 4.31. The van der Waals surface area contributed by atoms with Gasteiger partial charge in [-0.1, -0.05) is 17.7 Å². The molecule has 0 N–H and O–H groups in total. The summed E-state index contributed by atoms with van der Waals surface area (Å²) in [6, 6.07) is 4.42. The molecule has 18 heavy (non-hydrogen) atoms. The first-order valence-corrected chi connectivity index (χ1v) is 6.05. The molecule has 1 heterocycles. The van der Waals surface area contributed by atoms with Crippen molar-refractivity contribution < 1.29 is 13.9 Å². The molecule has 0 saturated carbocycles. The number of amides is 1. The van der Waals surface area contributed by atoms with Crippen molar-refractivity contribution in [3.63, 3.8) is 0 Å². The largest absolute Gasteiger partial charge is 0.378 e. The van der Waals surface area contributed by atoms with E-state index in [2.05, 4.69) is 0 Å². The number of carbonyl (C=O) groups is 1. The van der Waals surface area contributed by atoms with Crippen LogP contribution in [-0.4, -0.2) is 37.1 Å². The normalized spacial score (nSPS) is 16.2. The molecular formula is C13H13ClFNO2. The maximum atomic E-state index is 13.5. The minimum Gasteiger partial charge on any atom is -0.378 e. The van der Waals surface area contributed by atoms with Gasteiger partial charge >= 0.3 is 0 Å². The molecule has 96 valence electrons. The number of halogens is 2. The fourth-order valence-electron chi connectivity index (χ4n) is 1.71. The molecule has 0 radical (unpaired) electrons. The summed E-state index contributed by atoms with van der Waals surface area (Å²) >= 11 is 5.86. The van der Waals surface area contributed by atoms with E-state index in [1.807, 2.05) is 0 Å². The van der Waals surface area contributed by atoms with Gasteiger partial charge in [0.15, 0.2) is 0 Å². The van der Waals surface area contributed by atoms with E-state index >= 15 is 0 Å². The van der Waals surface area contributed by atoms with Gasteiger partial charge in [0, 0.05) is 24.7 Å². The maximum absolute atomic E-state index is 13.5. The Labute approximate surface area is 110 Å². The van der Waals surface area contributed by atoms with Crippen LogP contribution in [0, 0.1) is 5.82 Å². The molecule has 2 rings (SSSR count). The first-order valence-electron chi connectivity index (χ1n) is 5.67. The summed E-state index contributed by atoms with van der Waals surface area (Å²) in [6.45, 7) is 2.21. The highest BCUT2D eigenvalue weighted by Crippen LogP contribution is 2.20. The van der Waals surface area contributed by atoms with Crippen LogP contribution < -0.4 is 0 Å². The zero-order valence-electron chi connectivity index (χ0n) is 9.73. The van der Waals surface area contributed by atoms with Gasteiger partial charge < -0.3 is 9.64 Å². The highest BCUT2D eigenvalue weighted by Gasteiger charge is 2.14. The summed E-state index contributed by atoms with van der Waals surface area (Å²) in [6.07, 6.45) is 2.76. The van der Waals surface area contributed by atoms with Crippen LogP contribution in [0.25, 0.3) is 6.08 Å². The summed E-state index contributed by atoms with van der Waals surface area (Å²) in [7, 11) is 0. The summed E-state index contributed by atoms with van der Waals surface area (Å²) in [5.41, 5.74) is 0.237. The molecule has 0 aliphatic carbocycles. The average Bonchev–Trinajstić information content (AvgIpc) is 2.39. The number of hydrogen-bond donors (Lipinski definition) is 0. The van der Waals surface area contributed by atoms with Gasteiger partial charge in [-0.25, -0.2) is 4.39 Å². The zero-order valence-corrected chi connectivity index (χ0v) is 10.5. The van der Waals surface area contributed by atoms with Crippen molar-refractivity contribution in [2.75, 3.05) is 26.3 Å². The predicted molar refractivity (Wildman–Crippen MR) is 67.8 cm³/mol. The second-order valence-electron chi connectivity index (χ2n) is 3.91. The molecule has 1 aromatic rings. The lowest BCUT2D eigenvalue weighted by atomic mass is 10.2. The van der Waals surface area contributed by atoms with Crippen molar-refractivity contribution in [2.45, 2.75) is 0 Å². The molecule has 1 aliphatic rings. The van der Waals surface area contributed by atoms with E-state index in [0.29, 0.717) is 31.3 Å². The molecule has 1 aromatic carbocycles. The Morgan fingerprint density at radius 3 is 2.78 bits per heavy atom. The molecular weight excluding hydrogens is 257 g/mol. The molecule has 5 heteroatoms. The molecule has 3 nitrogen and oxygen atoms in total. The highest BCUT2D eigenvalue weighted by atomic mass is 35.5. The fourth-order valence-corrected chi connectivity index (χ4v) is 1.94. The highest BCUT2D eigenvalue weighted by molar-refractivity contribution is 6.32. The van der Waals surface area contributed by atoms with Crippen molar-refractivity contribution in [1.82, 2.24) is 4.90 Å². The molecule has 1 fully saturated rings. The monoisotopic (exact) mass is 269 g/mol. The van der Waals surface area contributed by atoms with Gasteiger partial charge in [-0.2, -0.15) is 0 Å². The van der Waals surface area contributed by atoms with Gasteiger partial charge in [0.25, 0.3) is 0 Å². The Bertz CT molecular complexity index is 450. The predicted octanol–water partition coefficient (Wildman–Crippen LogP) is 2.35. The lowest BCUT2D eigenvalue weighted by Crippen LogP contribution is -2.39. The summed E-state index contributed by atoms with van der Waals surface area (Å²) < 4.78 is 18.6. The van der Waals surface area contributed by atoms with Crippen LogP contribution in [0.4, 0.5) is 4.39 Å². The van der Waals surface area contributed by atoms with Gasteiger partial charge in [0.05, 0.1) is 18.2 Å². The second kappa shape index (κ2) is 5.98. The number of nitrogens with zero attached hydrogens (tertiary/aromatic N) is 1. The number of carbonyl (C=O) groups excluding carboxylic acids is 1. The van der Waals surface area contributed by atoms with Crippen LogP contribution in [0.5, 0.6) is 0 Å². The van der Waals surface area contributed by atoms with E-state index < -0.39 is 5.82 Å². The number of rotatable bonds is 2. The molecule has 0 spiro atoms. The topological polar surface area (TPSA) is 29.5 Å². The minimum atomic E-state index is -0.437. The molecule has 0 atom stereocenters. The number of ether oxygens (including phenoxy) is 1. The summed E-state index contributed by atoms with van der Waals surface area (Å²) in [4.78, 5) is 13.5. The van der Waals surface area contributed by atoms with Crippen LogP contribution in [-0.2, 0) is 9.53 Å². The van der Waals surface area contributed by atoms with Gasteiger partial charge in [0.1, 0.15) is 5.82 Å². The smallest absolute Gasteiger partial charge is 0.246 e. The number of hydrogen-bond acceptors (Lipinski definition) is 2. The van der Waals surface area contributed by atoms with Gasteiger partial charge in [-0.05, 0) is 18.2 Å². The third-order valence-electron chi connectivity index (χ3n) is 2.72. The van der Waals surface area contributed by atoms with Crippen molar-refractivity contribution >= 4 is 23.6 Å². The molecule has 0 bridgehead atoms. The Kier molecular flexibility index (Phi) is 4.33. The van der Waals surface area contributed by atoms with Gasteiger partial charge in [-0.3, -0.25) is 4.79 Å². The van der Waals surface area contributed by atoms with Gasteiger partial charge in [0.2, 0.25) is 5.91 Å². The first kappa shape index (κ1) is 13.1. The summed E-state index contributed by atoms with van der Waals surface area (Å²) in [5.74, 6) is -0.592. The van der Waals surface area contributed by atoms with Crippen LogP contribution in [0.2, 0.25) is 5.02 Å². The first-order chi connectivity index (χ1) is 8.68. The van der Waals surface area contributed by atoms with Gasteiger partial charge in [-0.15, -0.1) is 0 Å². The standard InChI is InChI=1S/C13H13ClFNO2/c14-11-2-1-3-12(15)10(11)4-5-13(17)16-6-8-18-9-7-16/h1-5H,6-9H2. The van der Waals surface area contributed by atoms with Crippen molar-refractivity contribution in [3.8, 4) is 0 Å². The SMILES string of the molecule is O=C(C=Cc1c(F)cccc1Cl)N1CCOCC1. The van der Waals surface area contributed by atoms with Crippen LogP contribution in [0.1, 0.15) is 5.56 Å². The number of morpholine rings is 1. The Morgan fingerprint density at radius 1 is 1.39 bits per heavy atom. The van der Waals surface area contributed by atoms with E-state index in [-0.39, 0.29) is 11.5 Å². The van der Waals surface area contributed by atoms with Crippen molar-refractivity contribution in [1.29, 1.82) is 0 Å². The van der Waals surface area contributed by atoms with E-state index in [4.69, 9.17) is 16.3 Å².